The highest BCUT2D eigenvalue weighted by molar-refractivity contribution is 6.31. The molecule has 5 nitrogen and oxygen atoms in total. The van der Waals surface area contributed by atoms with Gasteiger partial charge in [0.05, 0.1) is 0 Å². The van der Waals surface area contributed by atoms with Crippen molar-refractivity contribution in [2.75, 3.05) is 31.6 Å². The third-order valence-electron chi connectivity index (χ3n) is 3.78. The average molecular weight is 308 g/mol. The third kappa shape index (κ3) is 3.13. The molecule has 21 heavy (non-hydrogen) atoms. The number of aromatic nitrogens is 1. The van der Waals surface area contributed by atoms with E-state index in [1.807, 2.05) is 16.8 Å². The van der Waals surface area contributed by atoms with Gasteiger partial charge in [-0.15, -0.1) is 0 Å². The van der Waals surface area contributed by atoms with Crippen LogP contribution in [-0.4, -0.2) is 42.5 Å². The summed E-state index contributed by atoms with van der Waals surface area (Å²) in [5.41, 5.74) is 1.43. The monoisotopic (exact) mass is 307 g/mol. The lowest BCUT2D eigenvalue weighted by Gasteiger charge is -2.18. The maximum absolute atomic E-state index is 12.0. The second kappa shape index (κ2) is 5.93. The van der Waals surface area contributed by atoms with Crippen molar-refractivity contribution in [1.82, 2.24) is 9.88 Å². The number of benzene rings is 1. The zero-order valence-electron chi connectivity index (χ0n) is 12.0. The van der Waals surface area contributed by atoms with Crippen molar-refractivity contribution in [3.63, 3.8) is 0 Å². The summed E-state index contributed by atoms with van der Waals surface area (Å²) in [5.74, 6) is 0.207. The molecule has 0 bridgehead atoms. The van der Waals surface area contributed by atoms with Gasteiger partial charge in [-0.3, -0.25) is 4.79 Å². The minimum atomic E-state index is 0.207. The molecule has 2 aromatic rings. The van der Waals surface area contributed by atoms with E-state index in [0.29, 0.717) is 29.6 Å². The number of hydrogen-bond acceptors (Lipinski definition) is 4. The number of nitrogens with zero attached hydrogens (tertiary/aromatic N) is 3. The van der Waals surface area contributed by atoms with Crippen molar-refractivity contribution in [2.45, 2.75) is 19.3 Å². The van der Waals surface area contributed by atoms with Crippen molar-refractivity contribution in [3.05, 3.63) is 23.2 Å². The van der Waals surface area contributed by atoms with Gasteiger partial charge in [0.1, 0.15) is 5.52 Å². The van der Waals surface area contributed by atoms with E-state index in [1.54, 1.807) is 18.2 Å². The molecule has 1 aliphatic heterocycles. The highest BCUT2D eigenvalue weighted by atomic mass is 35.5. The zero-order valence-corrected chi connectivity index (χ0v) is 12.8. The predicted octanol–water partition coefficient (Wildman–Crippen LogP) is 2.93. The van der Waals surface area contributed by atoms with Crippen molar-refractivity contribution in [3.8, 4) is 0 Å². The molecular weight excluding hydrogens is 290 g/mol. The number of hydrogen-bond donors (Lipinski definition) is 0. The number of rotatable bonds is 4. The summed E-state index contributed by atoms with van der Waals surface area (Å²) < 4.78 is 5.67. The van der Waals surface area contributed by atoms with Gasteiger partial charge in [-0.1, -0.05) is 11.6 Å². The first kappa shape index (κ1) is 14.2. The summed E-state index contributed by atoms with van der Waals surface area (Å²) in [6, 6.07) is 5.86. The Morgan fingerprint density at radius 3 is 2.95 bits per heavy atom. The Kier molecular flexibility index (Phi) is 4.01. The number of fused-ring (bicyclic) bond motifs is 1. The van der Waals surface area contributed by atoms with E-state index in [9.17, 15) is 4.79 Å². The van der Waals surface area contributed by atoms with Crippen molar-refractivity contribution in [2.24, 2.45) is 0 Å². The predicted molar refractivity (Wildman–Crippen MR) is 82.7 cm³/mol. The molecule has 3 rings (SSSR count). The summed E-state index contributed by atoms with van der Waals surface area (Å²) in [5, 5.41) is 0.634. The van der Waals surface area contributed by atoms with E-state index < -0.39 is 0 Å². The molecule has 1 saturated heterocycles. The van der Waals surface area contributed by atoms with Gasteiger partial charge in [0.15, 0.2) is 5.58 Å². The quantitative estimate of drug-likeness (QED) is 0.871. The second-order valence-electron chi connectivity index (χ2n) is 5.37. The fourth-order valence-electron chi connectivity index (χ4n) is 2.54. The van der Waals surface area contributed by atoms with Gasteiger partial charge in [0.2, 0.25) is 5.91 Å². The highest BCUT2D eigenvalue weighted by Gasteiger charge is 2.19. The lowest BCUT2D eigenvalue weighted by Crippen LogP contribution is -2.31. The van der Waals surface area contributed by atoms with Crippen LogP contribution in [0.15, 0.2) is 22.6 Å². The molecule has 0 atom stereocenters. The summed E-state index contributed by atoms with van der Waals surface area (Å²) in [6.45, 7) is 2.38. The molecule has 0 unspecified atom stereocenters. The summed E-state index contributed by atoms with van der Waals surface area (Å²) in [4.78, 5) is 20.2. The van der Waals surface area contributed by atoms with Crippen LogP contribution in [0.2, 0.25) is 5.02 Å². The molecule has 0 aliphatic carbocycles. The van der Waals surface area contributed by atoms with E-state index in [4.69, 9.17) is 16.0 Å². The van der Waals surface area contributed by atoms with Crippen molar-refractivity contribution < 1.29 is 9.21 Å². The van der Waals surface area contributed by atoms with Crippen molar-refractivity contribution >= 4 is 34.6 Å². The molecule has 1 aromatic heterocycles. The first-order valence-electron chi connectivity index (χ1n) is 7.18. The van der Waals surface area contributed by atoms with E-state index in [2.05, 4.69) is 4.98 Å². The Bertz CT molecular complexity index is 649. The van der Waals surface area contributed by atoms with Gasteiger partial charge in [0, 0.05) is 38.1 Å². The van der Waals surface area contributed by atoms with Gasteiger partial charge >= 0.3 is 0 Å². The maximum Gasteiger partial charge on any atom is 0.298 e. The van der Waals surface area contributed by atoms with Crippen LogP contribution in [0.5, 0.6) is 0 Å². The lowest BCUT2D eigenvalue weighted by molar-refractivity contribution is -0.129. The average Bonchev–Trinajstić information content (AvgIpc) is 3.12. The van der Waals surface area contributed by atoms with Crippen molar-refractivity contribution in [1.29, 1.82) is 0 Å². The number of carbonyl (C=O) groups is 1. The molecule has 0 radical (unpaired) electrons. The van der Waals surface area contributed by atoms with Crippen LogP contribution in [0.1, 0.15) is 19.3 Å². The Morgan fingerprint density at radius 1 is 1.43 bits per heavy atom. The van der Waals surface area contributed by atoms with Gasteiger partial charge in [-0.05, 0) is 31.0 Å². The molecule has 6 heteroatoms. The molecule has 1 aromatic carbocycles. The van der Waals surface area contributed by atoms with Crippen LogP contribution >= 0.6 is 11.6 Å². The fraction of sp³-hybridized carbons (Fsp3) is 0.467. The summed E-state index contributed by atoms with van der Waals surface area (Å²) in [7, 11) is 1.88. The maximum atomic E-state index is 12.0. The second-order valence-corrected chi connectivity index (χ2v) is 5.80. The van der Waals surface area contributed by atoms with E-state index in [0.717, 1.165) is 31.4 Å². The molecule has 1 amide bonds. The normalized spacial score (nSPS) is 14.9. The Morgan fingerprint density at radius 2 is 2.19 bits per heavy atom. The number of likely N-dealkylation sites (tertiary alicyclic amines) is 1. The SMILES string of the molecule is CN(CCC(=O)N1CCCC1)c1nc2cc(Cl)ccc2o1. The smallest absolute Gasteiger partial charge is 0.298 e. The van der Waals surface area contributed by atoms with Gasteiger partial charge < -0.3 is 14.2 Å². The molecule has 1 fully saturated rings. The lowest BCUT2D eigenvalue weighted by atomic mass is 10.3. The number of amides is 1. The van der Waals surface area contributed by atoms with Crippen LogP contribution in [0.4, 0.5) is 6.01 Å². The highest BCUT2D eigenvalue weighted by Crippen LogP contribution is 2.24. The Balaban J connectivity index is 1.63. The molecule has 2 heterocycles. The van der Waals surface area contributed by atoms with Gasteiger partial charge in [0.25, 0.3) is 6.01 Å². The number of anilines is 1. The van der Waals surface area contributed by atoms with Crippen LogP contribution in [0.25, 0.3) is 11.1 Å². The third-order valence-corrected chi connectivity index (χ3v) is 4.02. The Hall–Kier alpha value is -1.75. The zero-order chi connectivity index (χ0) is 14.8. The summed E-state index contributed by atoms with van der Waals surface area (Å²) in [6.07, 6.45) is 2.72. The van der Waals surface area contributed by atoms with Gasteiger partial charge in [-0.2, -0.15) is 4.98 Å². The topological polar surface area (TPSA) is 49.6 Å². The number of oxazole rings is 1. The molecule has 112 valence electrons. The minimum Gasteiger partial charge on any atom is -0.423 e. The van der Waals surface area contributed by atoms with Crippen LogP contribution in [-0.2, 0) is 4.79 Å². The molecule has 0 N–H and O–H groups in total. The molecule has 0 saturated carbocycles. The minimum absolute atomic E-state index is 0.207. The van der Waals surface area contributed by atoms with Crippen LogP contribution in [0, 0.1) is 0 Å². The molecule has 1 aliphatic rings. The summed E-state index contributed by atoms with van der Waals surface area (Å²) >= 11 is 5.94. The van der Waals surface area contributed by atoms with E-state index in [-0.39, 0.29) is 5.91 Å². The number of halogens is 1. The Labute approximate surface area is 128 Å². The molecular formula is C15H18ClN3O2. The van der Waals surface area contributed by atoms with Crippen LogP contribution < -0.4 is 4.90 Å². The molecule has 0 spiro atoms. The van der Waals surface area contributed by atoms with E-state index in [1.165, 1.54) is 0 Å². The van der Waals surface area contributed by atoms with Crippen LogP contribution in [0.3, 0.4) is 0 Å². The largest absolute Gasteiger partial charge is 0.423 e. The first-order valence-corrected chi connectivity index (χ1v) is 7.56. The fourth-order valence-corrected chi connectivity index (χ4v) is 2.70. The first-order chi connectivity index (χ1) is 10.1. The standard InChI is InChI=1S/C15H18ClN3O2/c1-18(9-6-14(20)19-7-2-3-8-19)15-17-12-10-11(16)4-5-13(12)21-15/h4-5,10H,2-3,6-9H2,1H3. The van der Waals surface area contributed by atoms with E-state index >= 15 is 0 Å². The van der Waals surface area contributed by atoms with Gasteiger partial charge in [-0.25, -0.2) is 0 Å². The number of carbonyl (C=O) groups excluding carboxylic acids is 1.